The Bertz CT molecular complexity index is 962. The fourth-order valence-electron chi connectivity index (χ4n) is 4.12. The molecule has 0 bridgehead atoms. The van der Waals surface area contributed by atoms with Crippen molar-refractivity contribution >= 4 is 27.5 Å². The van der Waals surface area contributed by atoms with Crippen LogP contribution in [0.1, 0.15) is 47.1 Å². The smallest absolute Gasteiger partial charge is 0.254 e. The Kier molecular flexibility index (Phi) is 5.21. The van der Waals surface area contributed by atoms with E-state index in [-0.39, 0.29) is 18.1 Å². The van der Waals surface area contributed by atoms with Gasteiger partial charge in [0.1, 0.15) is 17.4 Å². The number of para-hydroxylation sites is 1. The van der Waals surface area contributed by atoms with Crippen molar-refractivity contribution in [2.45, 2.75) is 37.8 Å². The van der Waals surface area contributed by atoms with Crippen molar-refractivity contribution in [3.63, 3.8) is 0 Å². The van der Waals surface area contributed by atoms with Crippen LogP contribution in [-0.2, 0) is 4.74 Å². The normalized spacial score (nSPS) is 21.7. The Morgan fingerprint density at radius 3 is 2.79 bits per heavy atom. The number of hydrogen-bond donors (Lipinski definition) is 0. The molecule has 2 saturated heterocycles. The molecular weight excluding hydrogens is 384 g/mol. The first-order valence-electron chi connectivity index (χ1n) is 10.3. The van der Waals surface area contributed by atoms with Crippen LogP contribution in [0.15, 0.2) is 48.5 Å². The Morgan fingerprint density at radius 1 is 1.14 bits per heavy atom. The first kappa shape index (κ1) is 18.6. The van der Waals surface area contributed by atoms with Gasteiger partial charge in [0, 0.05) is 18.7 Å². The van der Waals surface area contributed by atoms with Crippen molar-refractivity contribution in [3.05, 3.63) is 59.1 Å². The molecule has 2 aliphatic heterocycles. The van der Waals surface area contributed by atoms with Crippen molar-refractivity contribution in [2.24, 2.45) is 0 Å². The van der Waals surface area contributed by atoms with Gasteiger partial charge in [0.05, 0.1) is 22.4 Å². The summed E-state index contributed by atoms with van der Waals surface area (Å²) in [6.07, 6.45) is 4.32. The minimum absolute atomic E-state index is 0.0651. The maximum absolute atomic E-state index is 13.2. The third-order valence-corrected chi connectivity index (χ3v) is 6.81. The Balaban J connectivity index is 1.28. The van der Waals surface area contributed by atoms with E-state index in [1.807, 2.05) is 47.4 Å². The van der Waals surface area contributed by atoms with Crippen LogP contribution in [0.25, 0.3) is 10.2 Å². The molecular formula is C23H24N2O3S. The van der Waals surface area contributed by atoms with Gasteiger partial charge in [0.25, 0.3) is 5.91 Å². The maximum atomic E-state index is 13.2. The van der Waals surface area contributed by atoms with Crippen LogP contribution in [0.2, 0.25) is 0 Å². The van der Waals surface area contributed by atoms with Gasteiger partial charge in [-0.2, -0.15) is 0 Å². The monoisotopic (exact) mass is 408 g/mol. The zero-order valence-corrected chi connectivity index (χ0v) is 17.1. The Hall–Kier alpha value is -2.44. The van der Waals surface area contributed by atoms with E-state index in [4.69, 9.17) is 14.5 Å². The molecule has 5 rings (SSSR count). The third kappa shape index (κ3) is 3.87. The highest BCUT2D eigenvalue weighted by molar-refractivity contribution is 7.18. The molecule has 2 aromatic carbocycles. The molecule has 2 atom stereocenters. The standard InChI is InChI=1S/C23H24N2O3S/c26-23(16-9-11-17(12-10-16)28-15-18-5-4-14-27-18)25-13-3-7-20(25)22-24-19-6-1-2-8-21(19)29-22/h1-2,6,8-12,18,20H,3-5,7,13-15H2/t18-,20-/m1/s1. The van der Waals surface area contributed by atoms with Gasteiger partial charge >= 0.3 is 0 Å². The number of hydrogen-bond acceptors (Lipinski definition) is 5. The van der Waals surface area contributed by atoms with Gasteiger partial charge in [-0.15, -0.1) is 11.3 Å². The molecule has 2 aliphatic rings. The molecule has 5 nitrogen and oxygen atoms in total. The number of thiazole rings is 1. The highest BCUT2D eigenvalue weighted by atomic mass is 32.1. The highest BCUT2D eigenvalue weighted by Gasteiger charge is 2.32. The number of carbonyl (C=O) groups excluding carboxylic acids is 1. The third-order valence-electron chi connectivity index (χ3n) is 5.67. The van der Waals surface area contributed by atoms with Gasteiger partial charge in [0.2, 0.25) is 0 Å². The number of amides is 1. The lowest BCUT2D eigenvalue weighted by atomic mass is 10.1. The second kappa shape index (κ2) is 8.13. The minimum Gasteiger partial charge on any atom is -0.491 e. The molecule has 2 fully saturated rings. The van der Waals surface area contributed by atoms with Crippen LogP contribution in [0.3, 0.4) is 0 Å². The van der Waals surface area contributed by atoms with E-state index in [0.29, 0.717) is 12.2 Å². The van der Waals surface area contributed by atoms with Crippen LogP contribution >= 0.6 is 11.3 Å². The predicted molar refractivity (Wildman–Crippen MR) is 114 cm³/mol. The summed E-state index contributed by atoms with van der Waals surface area (Å²) in [5.74, 6) is 0.846. The maximum Gasteiger partial charge on any atom is 0.254 e. The molecule has 3 aromatic rings. The molecule has 6 heteroatoms. The zero-order valence-electron chi connectivity index (χ0n) is 16.3. The van der Waals surface area contributed by atoms with E-state index in [1.54, 1.807) is 11.3 Å². The van der Waals surface area contributed by atoms with Gasteiger partial charge in [0.15, 0.2) is 0 Å². The number of likely N-dealkylation sites (tertiary alicyclic amines) is 1. The first-order chi connectivity index (χ1) is 14.3. The van der Waals surface area contributed by atoms with Crippen LogP contribution in [0.4, 0.5) is 0 Å². The molecule has 0 unspecified atom stereocenters. The van der Waals surface area contributed by atoms with E-state index in [9.17, 15) is 4.79 Å². The summed E-state index contributed by atoms with van der Waals surface area (Å²) < 4.78 is 12.6. The number of rotatable bonds is 5. The summed E-state index contributed by atoms with van der Waals surface area (Å²) >= 11 is 1.70. The number of fused-ring (bicyclic) bond motifs is 1. The van der Waals surface area contributed by atoms with Gasteiger partial charge in [-0.05, 0) is 62.1 Å². The van der Waals surface area contributed by atoms with Gasteiger partial charge < -0.3 is 14.4 Å². The molecule has 150 valence electrons. The largest absolute Gasteiger partial charge is 0.491 e. The number of benzene rings is 2. The van der Waals surface area contributed by atoms with Gasteiger partial charge in [-0.25, -0.2) is 4.98 Å². The Labute approximate surface area is 174 Å². The van der Waals surface area contributed by atoms with E-state index in [1.165, 1.54) is 4.70 Å². The lowest BCUT2D eigenvalue weighted by molar-refractivity contribution is 0.0678. The molecule has 1 aromatic heterocycles. The summed E-state index contributed by atoms with van der Waals surface area (Å²) in [5.41, 5.74) is 1.71. The lowest BCUT2D eigenvalue weighted by Gasteiger charge is -2.23. The van der Waals surface area contributed by atoms with E-state index >= 15 is 0 Å². The van der Waals surface area contributed by atoms with Crippen LogP contribution < -0.4 is 4.74 Å². The average molecular weight is 409 g/mol. The van der Waals surface area contributed by atoms with Crippen molar-refractivity contribution in [1.29, 1.82) is 0 Å². The second-order valence-corrected chi connectivity index (χ2v) is 8.71. The molecule has 3 heterocycles. The quantitative estimate of drug-likeness (QED) is 0.607. The summed E-state index contributed by atoms with van der Waals surface area (Å²) in [6, 6.07) is 15.7. The molecule has 0 N–H and O–H groups in total. The first-order valence-corrected chi connectivity index (χ1v) is 11.1. The predicted octanol–water partition coefficient (Wildman–Crippen LogP) is 4.83. The minimum atomic E-state index is 0.0651. The SMILES string of the molecule is O=C(c1ccc(OC[C@H]2CCCO2)cc1)N1CCC[C@@H]1c1nc2ccccc2s1. The fraction of sp³-hybridized carbons (Fsp3) is 0.391. The van der Waals surface area contributed by atoms with E-state index in [0.717, 1.165) is 55.1 Å². The zero-order chi connectivity index (χ0) is 19.6. The van der Waals surface area contributed by atoms with Gasteiger partial charge in [-0.1, -0.05) is 12.1 Å². The molecule has 29 heavy (non-hydrogen) atoms. The number of nitrogens with zero attached hydrogens (tertiary/aromatic N) is 2. The van der Waals surface area contributed by atoms with Gasteiger partial charge in [-0.3, -0.25) is 4.79 Å². The fourth-order valence-corrected chi connectivity index (χ4v) is 5.24. The average Bonchev–Trinajstić information content (AvgIpc) is 3.52. The molecule has 0 aliphatic carbocycles. The van der Waals surface area contributed by atoms with Crippen LogP contribution in [0.5, 0.6) is 5.75 Å². The van der Waals surface area contributed by atoms with Crippen molar-refractivity contribution in [1.82, 2.24) is 9.88 Å². The number of carbonyl (C=O) groups is 1. The summed E-state index contributed by atoms with van der Waals surface area (Å²) in [4.78, 5) is 19.9. The molecule has 0 radical (unpaired) electrons. The summed E-state index contributed by atoms with van der Waals surface area (Å²) in [5, 5.41) is 1.04. The van der Waals surface area contributed by atoms with Crippen LogP contribution in [-0.4, -0.2) is 41.7 Å². The van der Waals surface area contributed by atoms with Crippen LogP contribution in [0, 0.1) is 0 Å². The molecule has 0 spiro atoms. The second-order valence-electron chi connectivity index (χ2n) is 7.65. The number of ether oxygens (including phenoxy) is 2. The topological polar surface area (TPSA) is 51.7 Å². The highest BCUT2D eigenvalue weighted by Crippen LogP contribution is 2.37. The number of aromatic nitrogens is 1. The van der Waals surface area contributed by atoms with Crippen molar-refractivity contribution < 1.29 is 14.3 Å². The van der Waals surface area contributed by atoms with Crippen molar-refractivity contribution in [3.8, 4) is 5.75 Å². The summed E-state index contributed by atoms with van der Waals surface area (Å²) in [6.45, 7) is 2.17. The molecule has 1 amide bonds. The molecule has 0 saturated carbocycles. The van der Waals surface area contributed by atoms with E-state index in [2.05, 4.69) is 6.07 Å². The summed E-state index contributed by atoms with van der Waals surface area (Å²) in [7, 11) is 0. The lowest BCUT2D eigenvalue weighted by Crippen LogP contribution is -2.30. The van der Waals surface area contributed by atoms with E-state index < -0.39 is 0 Å². The Morgan fingerprint density at radius 2 is 2.00 bits per heavy atom. The van der Waals surface area contributed by atoms with Crippen molar-refractivity contribution in [2.75, 3.05) is 19.8 Å².